The third-order valence-electron chi connectivity index (χ3n) is 3.24. The first-order valence-electron chi connectivity index (χ1n) is 6.63. The van der Waals surface area contributed by atoms with Crippen LogP contribution in [0.15, 0.2) is 22.0 Å². The molecule has 1 aliphatic heterocycles. The Morgan fingerprint density at radius 1 is 1.30 bits per heavy atom. The lowest BCUT2D eigenvalue weighted by Crippen LogP contribution is -2.24. The second kappa shape index (κ2) is 6.64. The van der Waals surface area contributed by atoms with Crippen LogP contribution in [0.1, 0.15) is 11.1 Å². The predicted octanol–water partition coefficient (Wildman–Crippen LogP) is 3.17. The van der Waals surface area contributed by atoms with Gasteiger partial charge in [0.25, 0.3) is 0 Å². The van der Waals surface area contributed by atoms with Gasteiger partial charge in [0.15, 0.2) is 5.17 Å². The molecule has 1 saturated heterocycles. The minimum atomic E-state index is -4.50. The summed E-state index contributed by atoms with van der Waals surface area (Å²) in [6.07, 6.45) is -4.50. The molecule has 0 aromatic heterocycles. The van der Waals surface area contributed by atoms with Gasteiger partial charge in [-0.3, -0.25) is 13.9 Å². The summed E-state index contributed by atoms with van der Waals surface area (Å²) in [5.74, 6) is -1.19. The van der Waals surface area contributed by atoms with E-state index < -0.39 is 22.7 Å². The summed E-state index contributed by atoms with van der Waals surface area (Å²) in [5.41, 5.74) is 1.69. The van der Waals surface area contributed by atoms with Crippen molar-refractivity contribution in [2.24, 2.45) is 4.99 Å². The van der Waals surface area contributed by atoms with Crippen LogP contribution in [0.2, 0.25) is 0 Å². The molecule has 2 rings (SSSR count). The molecule has 0 bridgehead atoms. The van der Waals surface area contributed by atoms with E-state index in [1.165, 1.54) is 22.7 Å². The van der Waals surface area contributed by atoms with E-state index >= 15 is 0 Å². The molecular formula is C14H15F3N2O2S2. The molecule has 1 unspecified atom stereocenters. The average molecular weight is 364 g/mol. The van der Waals surface area contributed by atoms with Gasteiger partial charge in [0.1, 0.15) is 5.75 Å². The summed E-state index contributed by atoms with van der Waals surface area (Å²) in [7, 11) is -0.593. The highest BCUT2D eigenvalue weighted by Crippen LogP contribution is 2.30. The lowest BCUT2D eigenvalue weighted by molar-refractivity contribution is -0.123. The van der Waals surface area contributed by atoms with Crippen molar-refractivity contribution in [3.8, 4) is 0 Å². The summed E-state index contributed by atoms with van der Waals surface area (Å²) >= 11 is 1.26. The molecule has 4 nitrogen and oxygen atoms in total. The summed E-state index contributed by atoms with van der Waals surface area (Å²) < 4.78 is 49.3. The maximum Gasteiger partial charge on any atom is 0.400 e. The standard InChI is InChI=1S/C14H15F3N2O2S2/c1-8-4-9(2)11(23(21)7-14(15,16)17)5-10(8)18-13-19(3)12(20)6-22-13/h4-5H,6-7H2,1-3H3. The summed E-state index contributed by atoms with van der Waals surface area (Å²) in [6.45, 7) is 3.39. The summed E-state index contributed by atoms with van der Waals surface area (Å²) in [5, 5.41) is 0.481. The largest absolute Gasteiger partial charge is 0.400 e. The number of halogens is 3. The Labute approximate surface area is 138 Å². The third-order valence-corrected chi connectivity index (χ3v) is 5.77. The lowest BCUT2D eigenvalue weighted by Gasteiger charge is -2.13. The topological polar surface area (TPSA) is 49.7 Å². The molecule has 9 heteroatoms. The van der Waals surface area contributed by atoms with E-state index in [1.807, 2.05) is 0 Å². The van der Waals surface area contributed by atoms with Crippen molar-refractivity contribution in [3.05, 3.63) is 23.3 Å². The second-order valence-corrected chi connectivity index (χ2v) is 7.51. The van der Waals surface area contributed by atoms with Crippen molar-refractivity contribution in [2.45, 2.75) is 24.9 Å². The monoisotopic (exact) mass is 364 g/mol. The highest BCUT2D eigenvalue weighted by atomic mass is 32.2. The Morgan fingerprint density at radius 2 is 1.96 bits per heavy atom. The van der Waals surface area contributed by atoms with Crippen molar-refractivity contribution < 1.29 is 22.2 Å². The van der Waals surface area contributed by atoms with Gasteiger partial charge >= 0.3 is 6.18 Å². The van der Waals surface area contributed by atoms with Crippen LogP contribution >= 0.6 is 11.8 Å². The molecule has 0 saturated carbocycles. The van der Waals surface area contributed by atoms with Gasteiger partial charge in [-0.15, -0.1) is 0 Å². The summed E-state index contributed by atoms with van der Waals surface area (Å²) in [6, 6.07) is 3.07. The van der Waals surface area contributed by atoms with Gasteiger partial charge in [0.2, 0.25) is 5.91 Å². The molecule has 0 radical (unpaired) electrons. The lowest BCUT2D eigenvalue weighted by atomic mass is 10.1. The van der Waals surface area contributed by atoms with Crippen molar-refractivity contribution in [3.63, 3.8) is 0 Å². The van der Waals surface area contributed by atoms with E-state index in [9.17, 15) is 22.2 Å². The number of hydrogen-bond acceptors (Lipinski definition) is 4. The zero-order valence-corrected chi connectivity index (χ0v) is 14.4. The maximum atomic E-state index is 12.5. The van der Waals surface area contributed by atoms with Crippen molar-refractivity contribution in [1.82, 2.24) is 4.90 Å². The molecule has 126 valence electrons. The van der Waals surface area contributed by atoms with Crippen LogP contribution in [0.4, 0.5) is 18.9 Å². The molecule has 0 aliphatic carbocycles. The number of thioether (sulfide) groups is 1. The minimum absolute atomic E-state index is 0.0839. The fourth-order valence-corrected chi connectivity index (χ4v) is 4.07. The van der Waals surface area contributed by atoms with E-state index in [4.69, 9.17) is 0 Å². The van der Waals surface area contributed by atoms with Gasteiger partial charge in [-0.1, -0.05) is 17.8 Å². The Kier molecular flexibility index (Phi) is 5.20. The van der Waals surface area contributed by atoms with Gasteiger partial charge in [0.05, 0.1) is 22.2 Å². The van der Waals surface area contributed by atoms with Crippen LogP contribution in [-0.4, -0.2) is 44.9 Å². The first kappa shape index (κ1) is 18.0. The van der Waals surface area contributed by atoms with E-state index in [2.05, 4.69) is 4.99 Å². The van der Waals surface area contributed by atoms with Gasteiger partial charge in [-0.05, 0) is 31.0 Å². The molecule has 1 aromatic rings. The number of rotatable bonds is 3. The smallest absolute Gasteiger partial charge is 0.294 e. The number of alkyl halides is 3. The predicted molar refractivity (Wildman–Crippen MR) is 85.6 cm³/mol. The van der Waals surface area contributed by atoms with E-state index in [1.54, 1.807) is 27.0 Å². The Hall–Kier alpha value is -1.35. The fourth-order valence-electron chi connectivity index (χ4n) is 2.05. The molecule has 1 aliphatic rings. The number of benzene rings is 1. The molecule has 1 heterocycles. The Bertz CT molecular complexity index is 702. The fraction of sp³-hybridized carbons (Fsp3) is 0.429. The van der Waals surface area contributed by atoms with Gasteiger partial charge < -0.3 is 0 Å². The average Bonchev–Trinajstić information content (AvgIpc) is 2.71. The Morgan fingerprint density at radius 3 is 2.48 bits per heavy atom. The summed E-state index contributed by atoms with van der Waals surface area (Å²) in [4.78, 5) is 17.3. The van der Waals surface area contributed by atoms with Crippen LogP contribution in [0.3, 0.4) is 0 Å². The maximum absolute atomic E-state index is 12.5. The molecular weight excluding hydrogens is 349 g/mol. The van der Waals surface area contributed by atoms with Crippen LogP contribution in [0.5, 0.6) is 0 Å². The van der Waals surface area contributed by atoms with Crippen molar-refractivity contribution >= 4 is 39.3 Å². The number of amidine groups is 1. The highest BCUT2D eigenvalue weighted by molar-refractivity contribution is 8.15. The van der Waals surface area contributed by atoms with Crippen LogP contribution in [0.25, 0.3) is 0 Å². The zero-order valence-electron chi connectivity index (χ0n) is 12.7. The quantitative estimate of drug-likeness (QED) is 0.828. The molecule has 0 spiro atoms. The number of carbonyl (C=O) groups is 1. The Balaban J connectivity index is 2.39. The molecule has 1 fully saturated rings. The highest BCUT2D eigenvalue weighted by Gasteiger charge is 2.32. The number of aliphatic imine (C=N–C) groups is 1. The number of aryl methyl sites for hydroxylation is 2. The van der Waals surface area contributed by atoms with Crippen molar-refractivity contribution in [1.29, 1.82) is 0 Å². The van der Waals surface area contributed by atoms with E-state index in [0.717, 1.165) is 5.56 Å². The minimum Gasteiger partial charge on any atom is -0.294 e. The van der Waals surface area contributed by atoms with Crippen LogP contribution in [0, 0.1) is 13.8 Å². The van der Waals surface area contributed by atoms with Gasteiger partial charge in [-0.25, -0.2) is 4.99 Å². The number of carbonyl (C=O) groups excluding carboxylic acids is 1. The number of nitrogens with zero attached hydrogens (tertiary/aromatic N) is 2. The van der Waals surface area contributed by atoms with E-state index in [0.29, 0.717) is 16.4 Å². The van der Waals surface area contributed by atoms with Crippen LogP contribution < -0.4 is 0 Å². The zero-order chi connectivity index (χ0) is 17.4. The molecule has 0 N–H and O–H groups in total. The third kappa shape index (κ3) is 4.35. The number of amides is 1. The molecule has 23 heavy (non-hydrogen) atoms. The van der Waals surface area contributed by atoms with Crippen molar-refractivity contribution in [2.75, 3.05) is 18.6 Å². The van der Waals surface area contributed by atoms with Crippen LogP contribution in [-0.2, 0) is 15.6 Å². The second-order valence-electron chi connectivity index (χ2n) is 5.15. The normalized spacial score (nSPS) is 18.8. The molecule has 1 amide bonds. The molecule has 1 atom stereocenters. The molecule has 1 aromatic carbocycles. The first-order valence-corrected chi connectivity index (χ1v) is 8.93. The first-order chi connectivity index (χ1) is 10.6. The SMILES string of the molecule is Cc1cc(C)c(S(=O)CC(F)(F)F)cc1N=C1SCC(=O)N1C. The van der Waals surface area contributed by atoms with Gasteiger partial charge in [-0.2, -0.15) is 13.2 Å². The number of hydrogen-bond donors (Lipinski definition) is 0. The van der Waals surface area contributed by atoms with E-state index in [-0.39, 0.29) is 16.6 Å². The van der Waals surface area contributed by atoms with Gasteiger partial charge in [0, 0.05) is 11.9 Å².